The molecular formula is C18H22N2O3S2. The second-order valence-corrected chi connectivity index (χ2v) is 9.49. The number of carbonyl (C=O) groups is 1. The third-order valence-corrected chi connectivity index (χ3v) is 7.24. The van der Waals surface area contributed by atoms with E-state index < -0.39 is 16.1 Å². The maximum Gasteiger partial charge on any atom is 0.250 e. The van der Waals surface area contributed by atoms with Crippen LogP contribution in [0.5, 0.6) is 0 Å². The lowest BCUT2D eigenvalue weighted by Gasteiger charge is -2.24. The number of hydrogen-bond donors (Lipinski definition) is 1. The van der Waals surface area contributed by atoms with Gasteiger partial charge in [0.2, 0.25) is 5.91 Å². The quantitative estimate of drug-likeness (QED) is 0.840. The van der Waals surface area contributed by atoms with Crippen LogP contribution in [0.2, 0.25) is 0 Å². The Morgan fingerprint density at radius 3 is 2.44 bits per heavy atom. The van der Waals surface area contributed by atoms with Crippen molar-refractivity contribution in [3.8, 4) is 0 Å². The maximum atomic E-state index is 12.9. The summed E-state index contributed by atoms with van der Waals surface area (Å²) in [6.07, 6.45) is 2.29. The molecule has 7 heteroatoms. The zero-order chi connectivity index (χ0) is 17.9. The van der Waals surface area contributed by atoms with Crippen LogP contribution in [0.25, 0.3) is 0 Å². The van der Waals surface area contributed by atoms with Gasteiger partial charge < -0.3 is 4.90 Å². The van der Waals surface area contributed by atoms with Gasteiger partial charge in [-0.3, -0.25) is 4.79 Å². The van der Waals surface area contributed by atoms with E-state index in [0.29, 0.717) is 19.5 Å². The first kappa shape index (κ1) is 18.1. The minimum Gasteiger partial charge on any atom is -0.341 e. The van der Waals surface area contributed by atoms with Crippen molar-refractivity contribution in [3.05, 3.63) is 52.9 Å². The Kier molecular flexibility index (Phi) is 5.56. The van der Waals surface area contributed by atoms with E-state index in [1.807, 2.05) is 37.3 Å². The molecule has 0 spiro atoms. The molecule has 3 rings (SSSR count). The molecule has 1 aliphatic rings. The monoisotopic (exact) mass is 378 g/mol. The normalized spacial score (nSPS) is 16.1. The van der Waals surface area contributed by atoms with Gasteiger partial charge in [-0.1, -0.05) is 30.3 Å². The van der Waals surface area contributed by atoms with Crippen molar-refractivity contribution < 1.29 is 13.2 Å². The van der Waals surface area contributed by atoms with Crippen LogP contribution >= 0.6 is 11.3 Å². The summed E-state index contributed by atoms with van der Waals surface area (Å²) in [5.41, 5.74) is 0.935. The van der Waals surface area contributed by atoms with Crippen molar-refractivity contribution in [2.45, 2.75) is 36.4 Å². The molecular weight excluding hydrogens is 356 g/mol. The van der Waals surface area contributed by atoms with E-state index in [9.17, 15) is 13.2 Å². The van der Waals surface area contributed by atoms with E-state index in [-0.39, 0.29) is 10.1 Å². The lowest BCUT2D eigenvalue weighted by atomic mass is 10.1. The maximum absolute atomic E-state index is 12.9. The van der Waals surface area contributed by atoms with E-state index >= 15 is 0 Å². The predicted octanol–water partition coefficient (Wildman–Crippen LogP) is 2.57. The minimum atomic E-state index is -3.71. The highest BCUT2D eigenvalue weighted by molar-refractivity contribution is 7.91. The summed E-state index contributed by atoms with van der Waals surface area (Å²) in [5, 5.41) is 0. The number of likely N-dealkylation sites (tertiary alicyclic amines) is 1. The number of benzene rings is 1. The number of hydrogen-bond acceptors (Lipinski definition) is 4. The smallest absolute Gasteiger partial charge is 0.250 e. The van der Waals surface area contributed by atoms with Crippen LogP contribution in [-0.2, 0) is 21.2 Å². The molecule has 1 atom stereocenters. The van der Waals surface area contributed by atoms with Crippen LogP contribution in [0.4, 0.5) is 0 Å². The number of sulfonamides is 1. The largest absolute Gasteiger partial charge is 0.341 e. The lowest BCUT2D eigenvalue weighted by Crippen LogP contribution is -2.48. The van der Waals surface area contributed by atoms with Crippen molar-refractivity contribution in [1.29, 1.82) is 0 Å². The third-order valence-electron chi connectivity index (χ3n) is 4.28. The Hall–Kier alpha value is -1.70. The summed E-state index contributed by atoms with van der Waals surface area (Å²) in [4.78, 5) is 15.5. The molecule has 5 nitrogen and oxygen atoms in total. The first-order chi connectivity index (χ1) is 12.0. The van der Waals surface area contributed by atoms with Gasteiger partial charge in [-0.05, 0) is 43.9 Å². The Morgan fingerprint density at radius 2 is 1.84 bits per heavy atom. The van der Waals surface area contributed by atoms with Crippen LogP contribution in [0.3, 0.4) is 0 Å². The Balaban J connectivity index is 1.83. The van der Waals surface area contributed by atoms with Crippen molar-refractivity contribution in [1.82, 2.24) is 9.62 Å². The minimum absolute atomic E-state index is 0.141. The molecule has 0 bridgehead atoms. The number of aryl methyl sites for hydroxylation is 1. The van der Waals surface area contributed by atoms with Crippen LogP contribution in [0.15, 0.2) is 46.7 Å². The summed E-state index contributed by atoms with van der Waals surface area (Å²) in [6, 6.07) is 12.1. The molecule has 0 saturated carbocycles. The second kappa shape index (κ2) is 7.68. The molecule has 0 aliphatic carbocycles. The van der Waals surface area contributed by atoms with Gasteiger partial charge in [-0.25, -0.2) is 8.42 Å². The molecule has 1 N–H and O–H groups in total. The zero-order valence-electron chi connectivity index (χ0n) is 14.1. The number of nitrogens with one attached hydrogen (secondary N) is 1. The third kappa shape index (κ3) is 4.48. The van der Waals surface area contributed by atoms with Gasteiger partial charge in [0.15, 0.2) is 0 Å². The predicted molar refractivity (Wildman–Crippen MR) is 99.1 cm³/mol. The Labute approximate surface area is 152 Å². The standard InChI is InChI=1S/C18H22N2O3S2/c1-14-9-10-17(24-14)25(22,23)19-16(13-15-7-3-2-4-8-15)18(21)20-11-5-6-12-20/h2-4,7-10,16,19H,5-6,11-13H2,1H3/t16-/m0/s1. The van der Waals surface area contributed by atoms with Crippen LogP contribution in [0.1, 0.15) is 23.3 Å². The van der Waals surface area contributed by atoms with Crippen LogP contribution in [-0.4, -0.2) is 38.4 Å². The Morgan fingerprint density at radius 1 is 1.16 bits per heavy atom. The zero-order valence-corrected chi connectivity index (χ0v) is 15.8. The van der Waals surface area contributed by atoms with Crippen LogP contribution < -0.4 is 4.72 Å². The summed E-state index contributed by atoms with van der Waals surface area (Å²) < 4.78 is 28.3. The van der Waals surface area contributed by atoms with E-state index in [2.05, 4.69) is 4.72 Å². The number of amides is 1. The molecule has 2 aromatic rings. The molecule has 1 aromatic heterocycles. The highest BCUT2D eigenvalue weighted by Crippen LogP contribution is 2.22. The molecule has 0 unspecified atom stereocenters. The summed E-state index contributed by atoms with van der Waals surface area (Å²) in [7, 11) is -3.71. The molecule has 1 amide bonds. The number of nitrogens with zero attached hydrogens (tertiary/aromatic N) is 1. The van der Waals surface area contributed by atoms with E-state index in [1.54, 1.807) is 17.0 Å². The molecule has 25 heavy (non-hydrogen) atoms. The lowest BCUT2D eigenvalue weighted by molar-refractivity contribution is -0.131. The average molecular weight is 379 g/mol. The van der Waals surface area contributed by atoms with Gasteiger partial charge in [0.25, 0.3) is 10.0 Å². The SMILES string of the molecule is Cc1ccc(S(=O)(=O)N[C@@H](Cc2ccccc2)C(=O)N2CCCC2)s1. The van der Waals surface area contributed by atoms with Crippen molar-refractivity contribution in [2.24, 2.45) is 0 Å². The van der Waals surface area contributed by atoms with Crippen molar-refractivity contribution in [2.75, 3.05) is 13.1 Å². The fraction of sp³-hybridized carbons (Fsp3) is 0.389. The Bertz CT molecular complexity index is 825. The molecule has 1 fully saturated rings. The number of thiophene rings is 1. The number of rotatable bonds is 6. The fourth-order valence-electron chi connectivity index (χ4n) is 2.99. The molecule has 1 aromatic carbocycles. The van der Waals surface area contributed by atoms with Gasteiger partial charge in [-0.15, -0.1) is 11.3 Å². The van der Waals surface area contributed by atoms with E-state index in [4.69, 9.17) is 0 Å². The van der Waals surface area contributed by atoms with E-state index in [1.165, 1.54) is 11.3 Å². The molecule has 134 valence electrons. The highest BCUT2D eigenvalue weighted by Gasteiger charge is 2.31. The molecule has 2 heterocycles. The molecule has 1 saturated heterocycles. The second-order valence-electron chi connectivity index (χ2n) is 6.26. The number of carbonyl (C=O) groups excluding carboxylic acids is 1. The van der Waals surface area contributed by atoms with Crippen molar-refractivity contribution >= 4 is 27.3 Å². The van der Waals surface area contributed by atoms with Gasteiger partial charge in [-0.2, -0.15) is 4.72 Å². The summed E-state index contributed by atoms with van der Waals surface area (Å²) in [5.74, 6) is -0.141. The average Bonchev–Trinajstić information content (AvgIpc) is 3.26. The van der Waals surface area contributed by atoms with Gasteiger partial charge in [0.1, 0.15) is 10.3 Å². The fourth-order valence-corrected chi connectivity index (χ4v) is 5.48. The first-order valence-electron chi connectivity index (χ1n) is 8.37. The molecule has 1 aliphatic heterocycles. The van der Waals surface area contributed by atoms with E-state index in [0.717, 1.165) is 23.3 Å². The topological polar surface area (TPSA) is 66.5 Å². The van der Waals surface area contributed by atoms with Crippen molar-refractivity contribution in [3.63, 3.8) is 0 Å². The van der Waals surface area contributed by atoms with Crippen LogP contribution in [0, 0.1) is 6.92 Å². The molecule has 0 radical (unpaired) electrons. The van der Waals surface area contributed by atoms with Gasteiger partial charge >= 0.3 is 0 Å². The summed E-state index contributed by atoms with van der Waals surface area (Å²) in [6.45, 7) is 3.26. The van der Waals surface area contributed by atoms with Gasteiger partial charge in [0.05, 0.1) is 0 Å². The first-order valence-corrected chi connectivity index (χ1v) is 10.7. The van der Waals surface area contributed by atoms with Gasteiger partial charge in [0, 0.05) is 18.0 Å². The highest BCUT2D eigenvalue weighted by atomic mass is 32.2. The summed E-state index contributed by atoms with van der Waals surface area (Å²) >= 11 is 1.21.